The Morgan fingerprint density at radius 2 is 2.14 bits per heavy atom. The fourth-order valence-corrected chi connectivity index (χ4v) is 3.27. The summed E-state index contributed by atoms with van der Waals surface area (Å²) in [5, 5.41) is 1.02. The summed E-state index contributed by atoms with van der Waals surface area (Å²) in [6.45, 7) is 2.57. The fourth-order valence-electron chi connectivity index (χ4n) is 3.27. The van der Waals surface area contributed by atoms with E-state index in [4.69, 9.17) is 15.2 Å². The lowest BCUT2D eigenvalue weighted by Gasteiger charge is -2.41. The molecule has 4 nitrogen and oxygen atoms in total. The molecule has 2 N–H and O–H groups in total. The minimum atomic E-state index is -0.0506. The van der Waals surface area contributed by atoms with Gasteiger partial charge in [0, 0.05) is 23.0 Å². The van der Waals surface area contributed by atoms with Gasteiger partial charge in [-0.3, -0.25) is 4.98 Å². The third-order valence-electron chi connectivity index (χ3n) is 4.62. The molecule has 1 aromatic heterocycles. The molecular weight excluding hydrogens is 264 g/mol. The quantitative estimate of drug-likeness (QED) is 0.921. The molecule has 1 saturated carbocycles. The van der Waals surface area contributed by atoms with E-state index < -0.39 is 0 Å². The van der Waals surface area contributed by atoms with E-state index in [0.717, 1.165) is 47.4 Å². The Morgan fingerprint density at radius 1 is 1.29 bits per heavy atom. The minimum absolute atomic E-state index is 0.0368. The van der Waals surface area contributed by atoms with Crippen LogP contribution in [0.5, 0.6) is 11.5 Å². The summed E-state index contributed by atoms with van der Waals surface area (Å²) in [4.78, 5) is 4.55. The number of fused-ring (bicyclic) bond motifs is 3. The Bertz CT molecular complexity index is 694. The Labute approximate surface area is 124 Å². The summed E-state index contributed by atoms with van der Waals surface area (Å²) in [7, 11) is 0. The van der Waals surface area contributed by atoms with E-state index in [1.165, 1.54) is 6.42 Å². The molecule has 110 valence electrons. The lowest BCUT2D eigenvalue weighted by Crippen LogP contribution is -2.51. The summed E-state index contributed by atoms with van der Waals surface area (Å²) in [6, 6.07) is 8.00. The van der Waals surface area contributed by atoms with E-state index in [-0.39, 0.29) is 11.6 Å². The van der Waals surface area contributed by atoms with Crippen LogP contribution >= 0.6 is 0 Å². The van der Waals surface area contributed by atoms with Gasteiger partial charge < -0.3 is 15.2 Å². The van der Waals surface area contributed by atoms with Gasteiger partial charge in [0.05, 0.1) is 5.52 Å². The van der Waals surface area contributed by atoms with Gasteiger partial charge in [0.25, 0.3) is 0 Å². The molecule has 2 heterocycles. The normalized spacial score (nSPS) is 22.9. The predicted molar refractivity (Wildman–Crippen MR) is 81.8 cm³/mol. The average molecular weight is 284 g/mol. The largest absolute Gasteiger partial charge is 0.486 e. The number of aromatic nitrogens is 1. The molecule has 1 aliphatic carbocycles. The van der Waals surface area contributed by atoms with Crippen LogP contribution in [0.2, 0.25) is 0 Å². The van der Waals surface area contributed by atoms with Gasteiger partial charge in [-0.1, -0.05) is 0 Å². The second-order valence-electron chi connectivity index (χ2n) is 6.38. The van der Waals surface area contributed by atoms with E-state index in [1.54, 1.807) is 0 Å². The molecule has 0 bridgehead atoms. The first kappa shape index (κ1) is 12.9. The van der Waals surface area contributed by atoms with Gasteiger partial charge in [-0.05, 0) is 50.5 Å². The minimum Gasteiger partial charge on any atom is -0.486 e. The molecule has 0 radical (unpaired) electrons. The third kappa shape index (κ3) is 2.23. The van der Waals surface area contributed by atoms with E-state index >= 15 is 0 Å². The number of nitrogens with two attached hydrogens (primary N) is 1. The van der Waals surface area contributed by atoms with E-state index in [1.807, 2.05) is 25.1 Å². The molecule has 0 unspecified atom stereocenters. The second-order valence-corrected chi connectivity index (χ2v) is 6.38. The summed E-state index contributed by atoms with van der Waals surface area (Å²) < 4.78 is 12.1. The Kier molecular flexibility index (Phi) is 2.82. The number of pyridine rings is 1. The van der Waals surface area contributed by atoms with Crippen molar-refractivity contribution in [2.24, 2.45) is 5.73 Å². The molecule has 0 spiro atoms. The standard InChI is InChI=1S/C17H20N2O2/c1-11-3-4-13-14(19-11)5-6-15-16(13)21-12(10-20-15)9-17(18)7-2-8-17/h3-6,12H,2,7-10,18H2,1H3/t12-/m0/s1. The van der Waals surface area contributed by atoms with Crippen LogP contribution in [0.15, 0.2) is 24.3 Å². The molecule has 1 aliphatic heterocycles. The number of ether oxygens (including phenoxy) is 2. The Balaban J connectivity index is 1.66. The van der Waals surface area contributed by atoms with Crippen LogP contribution in [0, 0.1) is 6.92 Å². The highest BCUT2D eigenvalue weighted by atomic mass is 16.6. The van der Waals surface area contributed by atoms with Gasteiger partial charge in [-0.2, -0.15) is 0 Å². The zero-order chi connectivity index (χ0) is 14.4. The number of rotatable bonds is 2. The van der Waals surface area contributed by atoms with Crippen LogP contribution in [0.3, 0.4) is 0 Å². The van der Waals surface area contributed by atoms with E-state index in [9.17, 15) is 0 Å². The lowest BCUT2D eigenvalue weighted by molar-refractivity contribution is 0.0517. The van der Waals surface area contributed by atoms with Crippen molar-refractivity contribution in [3.8, 4) is 11.5 Å². The summed E-state index contributed by atoms with van der Waals surface area (Å²) in [5.41, 5.74) is 8.24. The van der Waals surface area contributed by atoms with Crippen molar-refractivity contribution < 1.29 is 9.47 Å². The summed E-state index contributed by atoms with van der Waals surface area (Å²) in [6.07, 6.45) is 4.32. The van der Waals surface area contributed by atoms with Crippen LogP contribution in [-0.4, -0.2) is 23.2 Å². The van der Waals surface area contributed by atoms with Crippen molar-refractivity contribution in [2.45, 2.75) is 44.2 Å². The lowest BCUT2D eigenvalue weighted by atomic mass is 9.74. The maximum Gasteiger partial charge on any atom is 0.171 e. The smallest absolute Gasteiger partial charge is 0.171 e. The highest BCUT2D eigenvalue weighted by Crippen LogP contribution is 2.41. The van der Waals surface area contributed by atoms with E-state index in [2.05, 4.69) is 11.1 Å². The number of aryl methyl sites for hydroxylation is 1. The van der Waals surface area contributed by atoms with E-state index in [0.29, 0.717) is 6.61 Å². The molecule has 2 aliphatic rings. The van der Waals surface area contributed by atoms with Crippen LogP contribution in [-0.2, 0) is 0 Å². The highest BCUT2D eigenvalue weighted by molar-refractivity contribution is 5.88. The average Bonchev–Trinajstić information content (AvgIpc) is 2.45. The summed E-state index contributed by atoms with van der Waals surface area (Å²) >= 11 is 0. The number of hydrogen-bond donors (Lipinski definition) is 1. The first-order valence-corrected chi connectivity index (χ1v) is 7.62. The third-order valence-corrected chi connectivity index (χ3v) is 4.62. The summed E-state index contributed by atoms with van der Waals surface area (Å²) in [5.74, 6) is 1.63. The van der Waals surface area contributed by atoms with Gasteiger partial charge in [0.15, 0.2) is 11.5 Å². The zero-order valence-electron chi connectivity index (χ0n) is 12.3. The van der Waals surface area contributed by atoms with Crippen LogP contribution in [0.1, 0.15) is 31.4 Å². The molecule has 1 atom stereocenters. The first-order chi connectivity index (χ1) is 10.1. The number of hydrogen-bond acceptors (Lipinski definition) is 4. The SMILES string of the molecule is Cc1ccc2c3c(ccc2n1)OC[C@H](CC1(N)CCC1)O3. The second kappa shape index (κ2) is 4.60. The predicted octanol–water partition coefficient (Wildman–Crippen LogP) is 2.95. The van der Waals surface area contributed by atoms with Crippen LogP contribution in [0.25, 0.3) is 10.9 Å². The monoisotopic (exact) mass is 284 g/mol. The van der Waals surface area contributed by atoms with Gasteiger partial charge in [-0.15, -0.1) is 0 Å². The molecule has 1 fully saturated rings. The van der Waals surface area contributed by atoms with Crippen molar-refractivity contribution in [2.75, 3.05) is 6.61 Å². The molecule has 0 amide bonds. The van der Waals surface area contributed by atoms with Crippen molar-refractivity contribution in [1.82, 2.24) is 4.98 Å². The van der Waals surface area contributed by atoms with Crippen molar-refractivity contribution in [3.63, 3.8) is 0 Å². The Morgan fingerprint density at radius 3 is 2.90 bits per heavy atom. The highest BCUT2D eigenvalue weighted by Gasteiger charge is 2.37. The topological polar surface area (TPSA) is 57.4 Å². The van der Waals surface area contributed by atoms with Crippen LogP contribution in [0.4, 0.5) is 0 Å². The van der Waals surface area contributed by atoms with Gasteiger partial charge in [0.2, 0.25) is 0 Å². The molecule has 4 heteroatoms. The molecule has 0 saturated heterocycles. The fraction of sp³-hybridized carbons (Fsp3) is 0.471. The van der Waals surface area contributed by atoms with Gasteiger partial charge in [0.1, 0.15) is 12.7 Å². The molecule has 21 heavy (non-hydrogen) atoms. The van der Waals surface area contributed by atoms with Crippen LogP contribution < -0.4 is 15.2 Å². The zero-order valence-corrected chi connectivity index (χ0v) is 12.3. The molecule has 4 rings (SSSR count). The Hall–Kier alpha value is -1.81. The molecule has 2 aromatic rings. The maximum absolute atomic E-state index is 6.34. The number of benzene rings is 1. The van der Waals surface area contributed by atoms with Crippen molar-refractivity contribution in [3.05, 3.63) is 30.0 Å². The first-order valence-electron chi connectivity index (χ1n) is 7.62. The van der Waals surface area contributed by atoms with Crippen molar-refractivity contribution in [1.29, 1.82) is 0 Å². The molecular formula is C17H20N2O2. The maximum atomic E-state index is 6.34. The van der Waals surface area contributed by atoms with Gasteiger partial charge >= 0.3 is 0 Å². The van der Waals surface area contributed by atoms with Crippen molar-refractivity contribution >= 4 is 10.9 Å². The molecule has 1 aromatic carbocycles. The number of nitrogens with zero attached hydrogens (tertiary/aromatic N) is 1. The van der Waals surface area contributed by atoms with Gasteiger partial charge in [-0.25, -0.2) is 0 Å².